The van der Waals surface area contributed by atoms with Crippen LogP contribution in [0.3, 0.4) is 0 Å². The van der Waals surface area contributed by atoms with E-state index in [-0.39, 0.29) is 5.41 Å². The fraction of sp³-hybridized carbons (Fsp3) is 0.318. The van der Waals surface area contributed by atoms with Crippen LogP contribution in [-0.2, 0) is 11.3 Å². The molecule has 0 fully saturated rings. The molecule has 2 aromatic rings. The molecule has 0 spiro atoms. The summed E-state index contributed by atoms with van der Waals surface area (Å²) >= 11 is 0. The Morgan fingerprint density at radius 2 is 1.88 bits per heavy atom. The number of hydrogen-bond donors (Lipinski definition) is 1. The summed E-state index contributed by atoms with van der Waals surface area (Å²) in [4.78, 5) is 13.5. The number of nitrogens with zero attached hydrogens (tertiary/aromatic N) is 1. The Morgan fingerprint density at radius 1 is 1.20 bits per heavy atom. The average Bonchev–Trinajstić information content (AvgIpc) is 2.53. The van der Waals surface area contributed by atoms with Crippen molar-refractivity contribution in [1.82, 2.24) is 4.90 Å². The summed E-state index contributed by atoms with van der Waals surface area (Å²) in [5.41, 5.74) is 1.01. The van der Waals surface area contributed by atoms with E-state index in [0.717, 1.165) is 16.3 Å². The molecule has 0 aromatic heterocycles. The van der Waals surface area contributed by atoms with Crippen molar-refractivity contribution in [1.29, 1.82) is 0 Å². The van der Waals surface area contributed by atoms with Crippen LogP contribution in [0.1, 0.15) is 26.3 Å². The minimum atomic E-state index is -0.878. The van der Waals surface area contributed by atoms with E-state index >= 15 is 0 Å². The summed E-state index contributed by atoms with van der Waals surface area (Å²) < 4.78 is 0. The molecule has 130 valence electrons. The van der Waals surface area contributed by atoms with Gasteiger partial charge >= 0.3 is 5.97 Å². The van der Waals surface area contributed by atoms with Gasteiger partial charge in [-0.2, -0.15) is 0 Å². The highest BCUT2D eigenvalue weighted by Crippen LogP contribution is 2.20. The summed E-state index contributed by atoms with van der Waals surface area (Å²) in [7, 11) is 1.82. The number of aliphatic carboxylic acids is 1. The largest absolute Gasteiger partial charge is 0.480 e. The third kappa shape index (κ3) is 5.48. The van der Waals surface area contributed by atoms with Crippen molar-refractivity contribution in [2.45, 2.75) is 33.4 Å². The maximum atomic E-state index is 11.6. The number of benzene rings is 2. The summed E-state index contributed by atoms with van der Waals surface area (Å²) in [6.07, 6.45) is 3.29. The maximum absolute atomic E-state index is 11.6. The first-order valence-corrected chi connectivity index (χ1v) is 8.37. The van der Waals surface area contributed by atoms with Gasteiger partial charge in [-0.05, 0) is 56.3 Å². The summed E-state index contributed by atoms with van der Waals surface area (Å²) in [5.74, 6) is 5.14. The monoisotopic (exact) mass is 335 g/mol. The second-order valence-corrected chi connectivity index (χ2v) is 7.21. The summed E-state index contributed by atoms with van der Waals surface area (Å²) in [5, 5.41) is 11.9. The molecule has 0 bridgehead atoms. The van der Waals surface area contributed by atoms with E-state index in [1.165, 1.54) is 0 Å². The van der Waals surface area contributed by atoms with Gasteiger partial charge in [-0.25, -0.2) is 0 Å². The van der Waals surface area contributed by atoms with Crippen molar-refractivity contribution in [3.05, 3.63) is 60.2 Å². The molecular formula is C22H25NO2. The fourth-order valence-corrected chi connectivity index (χ4v) is 2.61. The molecule has 0 aliphatic carbocycles. The van der Waals surface area contributed by atoms with Gasteiger partial charge in [0.05, 0.1) is 0 Å². The first-order chi connectivity index (χ1) is 11.8. The van der Waals surface area contributed by atoms with Crippen LogP contribution in [-0.4, -0.2) is 29.1 Å². The fourth-order valence-electron chi connectivity index (χ4n) is 2.61. The topological polar surface area (TPSA) is 40.5 Å². The molecule has 1 atom stereocenters. The number of hydrogen-bond acceptors (Lipinski definition) is 2. The molecule has 0 heterocycles. The molecule has 3 nitrogen and oxygen atoms in total. The number of likely N-dealkylation sites (N-methyl/N-ethyl adjacent to an activating group) is 1. The molecule has 25 heavy (non-hydrogen) atoms. The second-order valence-electron chi connectivity index (χ2n) is 7.21. The Morgan fingerprint density at radius 3 is 2.56 bits per heavy atom. The van der Waals surface area contributed by atoms with E-state index in [4.69, 9.17) is 0 Å². The van der Waals surface area contributed by atoms with E-state index in [9.17, 15) is 9.90 Å². The van der Waals surface area contributed by atoms with Crippen LogP contribution >= 0.6 is 0 Å². The standard InChI is InChI=1S/C22H25NO2/c1-22(2,3)15-8-7-14-20(21(24)25)23(4)16-18-12-9-11-17-10-5-6-13-19(17)18/h5-7,9-14,20H,16H2,1-4H3,(H,24,25)/b14-7+. The van der Waals surface area contributed by atoms with Crippen LogP contribution in [0.25, 0.3) is 10.8 Å². The number of carboxylic acid groups (broad SMARTS) is 1. The second kappa shape index (κ2) is 8.00. The van der Waals surface area contributed by atoms with Gasteiger partial charge in [-0.3, -0.25) is 9.69 Å². The lowest BCUT2D eigenvalue weighted by Gasteiger charge is -2.22. The first kappa shape index (κ1) is 18.8. The van der Waals surface area contributed by atoms with E-state index in [0.29, 0.717) is 6.54 Å². The summed E-state index contributed by atoms with van der Waals surface area (Å²) in [6.45, 7) is 6.62. The molecule has 0 saturated carbocycles. The molecule has 0 aliphatic rings. The lowest BCUT2D eigenvalue weighted by molar-refractivity contribution is -0.141. The SMILES string of the molecule is CN(Cc1cccc2ccccc12)C(/C=C/C#CC(C)(C)C)C(=O)O. The molecular weight excluding hydrogens is 310 g/mol. The minimum Gasteiger partial charge on any atom is -0.480 e. The Bertz CT molecular complexity index is 829. The molecule has 0 radical (unpaired) electrons. The number of rotatable bonds is 5. The number of carboxylic acids is 1. The van der Waals surface area contributed by atoms with Crippen molar-refractivity contribution in [2.75, 3.05) is 7.05 Å². The van der Waals surface area contributed by atoms with E-state index in [2.05, 4.69) is 30.0 Å². The van der Waals surface area contributed by atoms with Gasteiger partial charge in [0.25, 0.3) is 0 Å². The lowest BCUT2D eigenvalue weighted by Crippen LogP contribution is -2.36. The van der Waals surface area contributed by atoms with Crippen molar-refractivity contribution < 1.29 is 9.90 Å². The van der Waals surface area contributed by atoms with Gasteiger partial charge in [-0.1, -0.05) is 54.3 Å². The predicted molar refractivity (Wildman–Crippen MR) is 103 cm³/mol. The molecule has 2 aromatic carbocycles. The molecule has 1 N–H and O–H groups in total. The zero-order chi connectivity index (χ0) is 18.4. The van der Waals surface area contributed by atoms with Crippen LogP contribution < -0.4 is 0 Å². The average molecular weight is 335 g/mol. The number of carbonyl (C=O) groups is 1. The van der Waals surface area contributed by atoms with Crippen LogP contribution in [0.2, 0.25) is 0 Å². The third-order valence-corrected chi connectivity index (χ3v) is 3.84. The van der Waals surface area contributed by atoms with Gasteiger partial charge in [-0.15, -0.1) is 0 Å². The van der Waals surface area contributed by atoms with Crippen LogP contribution in [0, 0.1) is 17.3 Å². The van der Waals surface area contributed by atoms with Crippen molar-refractivity contribution >= 4 is 16.7 Å². The van der Waals surface area contributed by atoms with Gasteiger partial charge in [0, 0.05) is 12.0 Å². The third-order valence-electron chi connectivity index (χ3n) is 3.84. The van der Waals surface area contributed by atoms with E-state index in [1.807, 2.05) is 57.0 Å². The highest BCUT2D eigenvalue weighted by molar-refractivity contribution is 5.85. The van der Waals surface area contributed by atoms with Crippen LogP contribution in [0.15, 0.2) is 54.6 Å². The van der Waals surface area contributed by atoms with E-state index < -0.39 is 12.0 Å². The van der Waals surface area contributed by atoms with Crippen molar-refractivity contribution in [3.63, 3.8) is 0 Å². The van der Waals surface area contributed by atoms with Crippen LogP contribution in [0.4, 0.5) is 0 Å². The number of allylic oxidation sites excluding steroid dienone is 1. The van der Waals surface area contributed by atoms with Gasteiger partial charge in [0.2, 0.25) is 0 Å². The van der Waals surface area contributed by atoms with Crippen molar-refractivity contribution in [3.8, 4) is 11.8 Å². The van der Waals surface area contributed by atoms with Crippen molar-refractivity contribution in [2.24, 2.45) is 5.41 Å². The van der Waals surface area contributed by atoms with Gasteiger partial charge < -0.3 is 5.11 Å². The van der Waals surface area contributed by atoms with Gasteiger partial charge in [0.15, 0.2) is 0 Å². The first-order valence-electron chi connectivity index (χ1n) is 8.37. The smallest absolute Gasteiger partial charge is 0.324 e. The van der Waals surface area contributed by atoms with Crippen LogP contribution in [0.5, 0.6) is 0 Å². The van der Waals surface area contributed by atoms with Gasteiger partial charge in [0.1, 0.15) is 6.04 Å². The maximum Gasteiger partial charge on any atom is 0.324 e. The zero-order valence-electron chi connectivity index (χ0n) is 15.3. The molecule has 1 unspecified atom stereocenters. The summed E-state index contributed by atoms with van der Waals surface area (Å²) in [6, 6.07) is 13.5. The van der Waals surface area contributed by atoms with E-state index in [1.54, 1.807) is 12.2 Å². The Balaban J connectivity index is 2.20. The minimum absolute atomic E-state index is 0.0993. The number of fused-ring (bicyclic) bond motifs is 1. The Kier molecular flexibility index (Phi) is 6.01. The molecule has 3 heteroatoms. The quantitative estimate of drug-likeness (QED) is 0.827. The Labute approximate surface area is 150 Å². The lowest BCUT2D eigenvalue weighted by atomic mass is 9.98. The predicted octanol–water partition coefficient (Wildman–Crippen LogP) is 4.33. The molecule has 0 amide bonds. The molecule has 0 aliphatic heterocycles. The Hall–Kier alpha value is -2.57. The molecule has 2 rings (SSSR count). The highest BCUT2D eigenvalue weighted by Gasteiger charge is 2.20. The zero-order valence-corrected chi connectivity index (χ0v) is 15.3. The normalized spacial score (nSPS) is 13.0. The highest BCUT2D eigenvalue weighted by atomic mass is 16.4. The molecule has 0 saturated heterocycles.